The number of fused-ring (bicyclic) bond motifs is 1. The number of rotatable bonds is 4. The van der Waals surface area contributed by atoms with E-state index < -0.39 is 0 Å². The van der Waals surface area contributed by atoms with Gasteiger partial charge in [0.05, 0.1) is 12.6 Å². The normalized spacial score (nSPS) is 25.5. The number of hydrogen-bond acceptors (Lipinski definition) is 3. The Balaban J connectivity index is 1.56. The molecule has 5 heteroatoms. The van der Waals surface area contributed by atoms with Crippen LogP contribution in [-0.4, -0.2) is 43.6 Å². The number of nitrogens with two attached hydrogens (primary N) is 1. The highest BCUT2D eigenvalue weighted by molar-refractivity contribution is 5.78. The number of benzene rings is 1. The van der Waals surface area contributed by atoms with Crippen LogP contribution in [-0.2, 0) is 0 Å². The molecule has 1 aromatic rings. The summed E-state index contributed by atoms with van der Waals surface area (Å²) in [5.41, 5.74) is 7.30. The van der Waals surface area contributed by atoms with Crippen LogP contribution in [0.4, 0.5) is 0 Å². The maximum absolute atomic E-state index is 6.13. The van der Waals surface area contributed by atoms with Gasteiger partial charge >= 0.3 is 0 Å². The number of ether oxygens (including phenoxy) is 1. The summed E-state index contributed by atoms with van der Waals surface area (Å²) in [5, 5.41) is 3.37. The van der Waals surface area contributed by atoms with Gasteiger partial charge in [-0.25, -0.2) is 0 Å². The van der Waals surface area contributed by atoms with Crippen LogP contribution in [0, 0.1) is 5.92 Å². The first-order valence-corrected chi connectivity index (χ1v) is 8.76. The van der Waals surface area contributed by atoms with Crippen LogP contribution < -0.4 is 15.8 Å². The molecule has 5 nitrogen and oxygen atoms in total. The van der Waals surface area contributed by atoms with Gasteiger partial charge in [-0.1, -0.05) is 25.1 Å². The lowest BCUT2D eigenvalue weighted by Crippen LogP contribution is -2.39. The third-order valence-corrected chi connectivity index (χ3v) is 4.85. The molecule has 2 aliphatic rings. The Labute approximate surface area is 138 Å². The van der Waals surface area contributed by atoms with Gasteiger partial charge in [-0.2, -0.15) is 0 Å². The zero-order chi connectivity index (χ0) is 16.1. The van der Waals surface area contributed by atoms with Crippen LogP contribution in [0.15, 0.2) is 29.3 Å². The molecule has 2 heterocycles. The van der Waals surface area contributed by atoms with Crippen molar-refractivity contribution in [1.29, 1.82) is 0 Å². The van der Waals surface area contributed by atoms with Gasteiger partial charge in [0.2, 0.25) is 0 Å². The van der Waals surface area contributed by atoms with E-state index in [2.05, 4.69) is 28.2 Å². The lowest BCUT2D eigenvalue weighted by atomic mass is 9.98. The molecule has 2 atom stereocenters. The highest BCUT2D eigenvalue weighted by atomic mass is 16.5. The number of aliphatic imine (C=N–C) groups is 1. The highest BCUT2D eigenvalue weighted by Gasteiger charge is 2.22. The molecule has 0 aromatic heterocycles. The topological polar surface area (TPSA) is 62.9 Å². The van der Waals surface area contributed by atoms with Crippen LogP contribution in [0.5, 0.6) is 5.75 Å². The predicted octanol–water partition coefficient (Wildman–Crippen LogP) is 2.15. The molecule has 23 heavy (non-hydrogen) atoms. The first-order chi connectivity index (χ1) is 11.3. The maximum Gasteiger partial charge on any atom is 0.189 e. The number of nitrogens with zero attached hydrogens (tertiary/aromatic N) is 2. The minimum atomic E-state index is 0.196. The molecule has 3 N–H and O–H groups in total. The zero-order valence-electron chi connectivity index (χ0n) is 14.0. The number of guanidine groups is 1. The number of piperidine rings is 1. The van der Waals surface area contributed by atoms with Crippen molar-refractivity contribution in [2.24, 2.45) is 16.6 Å². The Kier molecular flexibility index (Phi) is 5.39. The lowest BCUT2D eigenvalue weighted by molar-refractivity contribution is 0.186. The molecule has 126 valence electrons. The van der Waals surface area contributed by atoms with E-state index in [1.54, 1.807) is 0 Å². The fraction of sp³-hybridized carbons (Fsp3) is 0.611. The summed E-state index contributed by atoms with van der Waals surface area (Å²) >= 11 is 0. The standard InChI is InChI=1S/C18H28N4O/c1-2-22-10-5-6-14(13-22)12-20-18(19)21-16-9-11-23-17-8-4-3-7-15(16)17/h3-4,7-8,14,16H,2,5-6,9-13H2,1H3,(H3,19,20,21). The van der Waals surface area contributed by atoms with Crippen molar-refractivity contribution in [2.75, 3.05) is 32.8 Å². The molecular weight excluding hydrogens is 288 g/mol. The van der Waals surface area contributed by atoms with Crippen LogP contribution in [0.3, 0.4) is 0 Å². The quantitative estimate of drug-likeness (QED) is 0.660. The van der Waals surface area contributed by atoms with Crippen molar-refractivity contribution in [2.45, 2.75) is 32.2 Å². The molecule has 0 amide bonds. The van der Waals surface area contributed by atoms with Gasteiger partial charge in [-0.3, -0.25) is 4.99 Å². The molecule has 2 unspecified atom stereocenters. The van der Waals surface area contributed by atoms with Crippen molar-refractivity contribution < 1.29 is 4.74 Å². The number of likely N-dealkylation sites (tertiary alicyclic amines) is 1. The van der Waals surface area contributed by atoms with E-state index in [1.165, 1.54) is 24.9 Å². The third kappa shape index (κ3) is 4.16. The summed E-state index contributed by atoms with van der Waals surface area (Å²) in [7, 11) is 0. The molecule has 1 aromatic carbocycles. The van der Waals surface area contributed by atoms with Gasteiger partial charge in [0.25, 0.3) is 0 Å². The van der Waals surface area contributed by atoms with Crippen molar-refractivity contribution >= 4 is 5.96 Å². The smallest absolute Gasteiger partial charge is 0.189 e. The van der Waals surface area contributed by atoms with Crippen molar-refractivity contribution in [3.05, 3.63) is 29.8 Å². The summed E-state index contributed by atoms with van der Waals surface area (Å²) in [4.78, 5) is 7.10. The Morgan fingerprint density at radius 1 is 1.39 bits per heavy atom. The van der Waals surface area contributed by atoms with E-state index in [9.17, 15) is 0 Å². The minimum absolute atomic E-state index is 0.196. The van der Waals surface area contributed by atoms with Gasteiger partial charge in [0.1, 0.15) is 5.75 Å². The molecule has 1 saturated heterocycles. The molecule has 0 radical (unpaired) electrons. The summed E-state index contributed by atoms with van der Waals surface area (Å²) in [6.07, 6.45) is 3.45. The Morgan fingerprint density at radius 3 is 3.13 bits per heavy atom. The first-order valence-electron chi connectivity index (χ1n) is 8.76. The van der Waals surface area contributed by atoms with E-state index in [1.807, 2.05) is 18.2 Å². The second kappa shape index (κ2) is 7.68. The Hall–Kier alpha value is -1.75. The SMILES string of the molecule is CCN1CCCC(CN=C(N)NC2CCOc3ccccc32)C1. The van der Waals surface area contributed by atoms with Crippen LogP contribution in [0.2, 0.25) is 0 Å². The zero-order valence-corrected chi connectivity index (χ0v) is 14.0. The molecule has 0 aliphatic carbocycles. The number of hydrogen-bond donors (Lipinski definition) is 2. The van der Waals surface area contributed by atoms with Crippen molar-refractivity contribution in [1.82, 2.24) is 10.2 Å². The van der Waals surface area contributed by atoms with Gasteiger partial charge in [-0.15, -0.1) is 0 Å². The van der Waals surface area contributed by atoms with Gasteiger partial charge in [0, 0.05) is 25.1 Å². The average molecular weight is 316 g/mol. The molecule has 0 bridgehead atoms. The summed E-state index contributed by atoms with van der Waals surface area (Å²) in [5.74, 6) is 2.14. The molecular formula is C18H28N4O. The molecule has 0 saturated carbocycles. The lowest BCUT2D eigenvalue weighted by Gasteiger charge is -2.31. The van der Waals surface area contributed by atoms with Crippen LogP contribution in [0.25, 0.3) is 0 Å². The molecule has 3 rings (SSSR count). The third-order valence-electron chi connectivity index (χ3n) is 4.85. The average Bonchev–Trinajstić information content (AvgIpc) is 2.60. The fourth-order valence-corrected chi connectivity index (χ4v) is 3.53. The number of para-hydroxylation sites is 1. The Morgan fingerprint density at radius 2 is 2.26 bits per heavy atom. The van der Waals surface area contributed by atoms with Gasteiger partial charge in [-0.05, 0) is 37.9 Å². The van der Waals surface area contributed by atoms with Crippen molar-refractivity contribution in [3.63, 3.8) is 0 Å². The van der Waals surface area contributed by atoms with E-state index in [0.717, 1.165) is 38.4 Å². The monoisotopic (exact) mass is 316 g/mol. The Bertz CT molecular complexity index is 546. The van der Waals surface area contributed by atoms with Gasteiger partial charge < -0.3 is 20.7 Å². The second-order valence-electron chi connectivity index (χ2n) is 6.50. The van der Waals surface area contributed by atoms with Crippen molar-refractivity contribution in [3.8, 4) is 5.75 Å². The highest BCUT2D eigenvalue weighted by Crippen LogP contribution is 2.31. The van der Waals surface area contributed by atoms with Crippen LogP contribution in [0.1, 0.15) is 37.8 Å². The number of nitrogens with one attached hydrogen (secondary N) is 1. The predicted molar refractivity (Wildman–Crippen MR) is 93.8 cm³/mol. The summed E-state index contributed by atoms with van der Waals surface area (Å²) in [6.45, 7) is 7.27. The van der Waals surface area contributed by atoms with E-state index in [-0.39, 0.29) is 6.04 Å². The van der Waals surface area contributed by atoms with E-state index in [0.29, 0.717) is 11.9 Å². The maximum atomic E-state index is 6.13. The van der Waals surface area contributed by atoms with E-state index >= 15 is 0 Å². The van der Waals surface area contributed by atoms with E-state index in [4.69, 9.17) is 10.5 Å². The summed E-state index contributed by atoms with van der Waals surface area (Å²) in [6, 6.07) is 8.34. The second-order valence-corrected chi connectivity index (χ2v) is 6.50. The summed E-state index contributed by atoms with van der Waals surface area (Å²) < 4.78 is 5.69. The van der Waals surface area contributed by atoms with Crippen LogP contribution >= 0.6 is 0 Å². The van der Waals surface area contributed by atoms with Gasteiger partial charge in [0.15, 0.2) is 5.96 Å². The minimum Gasteiger partial charge on any atom is -0.493 e. The fourth-order valence-electron chi connectivity index (χ4n) is 3.53. The first kappa shape index (κ1) is 16.1. The largest absolute Gasteiger partial charge is 0.493 e. The molecule has 2 aliphatic heterocycles. The molecule has 1 fully saturated rings. The molecule has 0 spiro atoms.